The zero-order valence-electron chi connectivity index (χ0n) is 92.8. The highest BCUT2D eigenvalue weighted by molar-refractivity contribution is 6.33. The summed E-state index contributed by atoms with van der Waals surface area (Å²) in [5, 5.41) is -12.3. The van der Waals surface area contributed by atoms with Crippen molar-refractivity contribution in [3.63, 3.8) is 0 Å². The second-order valence-corrected chi connectivity index (χ2v) is 19.0. The predicted molar refractivity (Wildman–Crippen MR) is 367 cm³/mol. The molecule has 2 aromatic heterocycles. The molecule has 0 aliphatic heterocycles. The van der Waals surface area contributed by atoms with Crippen LogP contribution in [0, 0.1) is 0 Å². The van der Waals surface area contributed by atoms with E-state index >= 15 is 0 Å². The number of fused-ring (bicyclic) bond motifs is 19. The zero-order valence-corrected chi connectivity index (χ0v) is 42.8. The van der Waals surface area contributed by atoms with E-state index in [1.165, 1.54) is 0 Å². The topological polar surface area (TPSA) is 26.3 Å². The van der Waals surface area contributed by atoms with E-state index in [0.29, 0.717) is 0 Å². The van der Waals surface area contributed by atoms with Gasteiger partial charge in [-0.05, 0) is 166 Å². The molecule has 0 aliphatic carbocycles. The van der Waals surface area contributed by atoms with Crippen LogP contribution in [-0.4, -0.2) is 0 Å². The first-order chi connectivity index (χ1) is 63.5. The van der Waals surface area contributed by atoms with Gasteiger partial charge in [0, 0.05) is 21.5 Å². The fraction of sp³-hybridized carbons (Fsp3) is 0. The van der Waals surface area contributed by atoms with E-state index in [9.17, 15) is 20.6 Å². The van der Waals surface area contributed by atoms with Gasteiger partial charge in [0.25, 0.3) is 0 Å². The summed E-state index contributed by atoms with van der Waals surface area (Å²) in [5.74, 6) is 0. The van der Waals surface area contributed by atoms with E-state index in [0.717, 1.165) is 0 Å². The Morgan fingerprint density at radius 1 is 0.186 bits per heavy atom. The van der Waals surface area contributed by atoms with Gasteiger partial charge in [-0.15, -0.1) is 0 Å². The monoisotopic (exact) mass is 1140 g/mol. The summed E-state index contributed by atoms with van der Waals surface area (Å²) in [6, 6.07) is -44.0. The largest absolute Gasteiger partial charge is 0.456 e. The summed E-state index contributed by atoms with van der Waals surface area (Å²) in [5.41, 5.74) is -7.87. The van der Waals surface area contributed by atoms with Crippen LogP contribution in [0.25, 0.3) is 185 Å². The molecule has 0 amide bonds. The highest BCUT2D eigenvalue weighted by Crippen LogP contribution is 2.51. The first kappa shape index (κ1) is 20.2. The van der Waals surface area contributed by atoms with E-state index in [1.807, 2.05) is 0 Å². The van der Waals surface area contributed by atoms with E-state index in [2.05, 4.69) is 0 Å². The van der Waals surface area contributed by atoms with Gasteiger partial charge in [-0.25, -0.2) is 0 Å². The molecule has 0 atom stereocenters. The number of rotatable bonds is 4. The second kappa shape index (κ2) is 19.1. The summed E-state index contributed by atoms with van der Waals surface area (Å²) in [4.78, 5) is 0. The van der Waals surface area contributed by atoms with Crippen molar-refractivity contribution in [1.82, 2.24) is 0 Å². The lowest BCUT2D eigenvalue weighted by molar-refractivity contribution is 0.669. The molecule has 2 heteroatoms. The van der Waals surface area contributed by atoms with Crippen LogP contribution in [0.3, 0.4) is 0 Å². The molecule has 0 N–H and O–H groups in total. The minimum absolute atomic E-state index is 0.340. The van der Waals surface area contributed by atoms with Crippen LogP contribution in [0.15, 0.2) is 311 Å². The molecular formula is C84H50O2. The lowest BCUT2D eigenvalue weighted by atomic mass is 9.83. The molecule has 86 heavy (non-hydrogen) atoms. The molecule has 19 aromatic rings. The van der Waals surface area contributed by atoms with Crippen molar-refractivity contribution in [3.05, 3.63) is 302 Å². The quantitative estimate of drug-likeness (QED) is 0.164. The third-order valence-corrected chi connectivity index (χ3v) is 14.7. The molecule has 0 spiro atoms. The van der Waals surface area contributed by atoms with E-state index in [4.69, 9.17) is 56.8 Å². The minimum atomic E-state index is -0.986. The van der Waals surface area contributed by atoms with Gasteiger partial charge in [-0.3, -0.25) is 0 Å². The molecule has 0 saturated carbocycles. The maximum absolute atomic E-state index is 10.0. The van der Waals surface area contributed by atoms with Gasteiger partial charge < -0.3 is 8.83 Å². The van der Waals surface area contributed by atoms with Crippen molar-refractivity contribution in [2.45, 2.75) is 0 Å². The van der Waals surface area contributed by atoms with Crippen molar-refractivity contribution in [3.8, 4) is 44.5 Å². The van der Waals surface area contributed by atoms with Crippen LogP contribution < -0.4 is 0 Å². The zero-order chi connectivity index (χ0) is 99.9. The molecule has 398 valence electrons. The highest BCUT2D eigenvalue weighted by atomic mass is 16.3. The Hall–Kier alpha value is -11.3. The SMILES string of the molecule is [2H]c1c([2H])c([2H])c(-c2c3c([2H])c([2H])c([2H])c([2H])c3c(-c3c([2H])c4oc5c([2H])c([2H])c6c([2H])c([2H])c([2H])c([2H])c6c5c4c4c([2H])c([2H])c([2H])c([2H])c34)c3c([2H])c([2H])c([2H])c([2H])c23)c([2H])c1[2H].[2H]c1c([2H])c([2H])c2c(-c3c4c([2H])c([2H])c([2H])c([2H])c4c(-c4c([2H])c5oc6c([2H])c([2H])c7c([2H])c([2H])c([2H])c([2H])c7c6c5c5c([2H])c([2H])c([2H])c([2H])c45)c4c([2H])c([2H])c([2H])c([2H])c34)c([2H])c([2H])c([2H])c2c1[2H]. The maximum Gasteiger partial charge on any atom is 0.136 e. The van der Waals surface area contributed by atoms with Crippen LogP contribution in [-0.2, 0) is 0 Å². The standard InChI is InChI=1S/C44H26O.C40H24O/c1-3-15-29-27(12-1)14-11-23-32(29)41-34-19-7-9-21-36(34)42(37-22-10-8-20-35(37)41)38-26-40-44(33-18-6-5-17-31(33)38)43-30-16-4-2-13-28(30)24-25-39(43)45-40;1-2-13-26(14-3-1)37-30-18-8-10-20-32(30)38(33-21-11-9-19-31(33)37)34-24-36-40(29-17-7-6-16-28(29)34)39-27-15-5-4-12-25(27)22-23-35(39)41-36/h1-26H;1-24H/i1D,2D,3D,4D,5D,6D,7D,8D,9D,10D,11D,12D,13D,14D,15D,16D,17D,18D,19D,20D,21D,22D,23D,24D,25D,26D;1D,2D,3D,4D,5D,6D,7D,8D,9D,10D,11D,12D,13D,14D,15D,16D,17D,18D,19D,20D,21D,22D,23D,24D. The van der Waals surface area contributed by atoms with Crippen molar-refractivity contribution in [1.29, 1.82) is 0 Å². The lowest BCUT2D eigenvalue weighted by Gasteiger charge is -2.20. The number of furan rings is 2. The molecule has 17 aromatic carbocycles. The molecular weight excluding hydrogens is 1040 g/mol. The van der Waals surface area contributed by atoms with E-state index in [-0.39, 0.29) is 16.2 Å². The first-order valence-corrected chi connectivity index (χ1v) is 25.6. The molecule has 19 rings (SSSR count). The fourth-order valence-electron chi connectivity index (χ4n) is 11.3. The van der Waals surface area contributed by atoms with Gasteiger partial charge in [0.2, 0.25) is 0 Å². The van der Waals surface area contributed by atoms with Crippen molar-refractivity contribution < 1.29 is 77.4 Å². The summed E-state index contributed by atoms with van der Waals surface area (Å²) in [6.07, 6.45) is 0. The van der Waals surface area contributed by atoms with Crippen LogP contribution >= 0.6 is 0 Å². The van der Waals surface area contributed by atoms with Crippen molar-refractivity contribution in [2.75, 3.05) is 0 Å². The van der Waals surface area contributed by atoms with Crippen LogP contribution in [0.5, 0.6) is 0 Å². The molecule has 2 nitrogen and oxygen atoms in total. The van der Waals surface area contributed by atoms with Gasteiger partial charge in [0.1, 0.15) is 22.3 Å². The Kier molecular flexibility index (Phi) is 4.49. The first-order valence-electron chi connectivity index (χ1n) is 50.6. The predicted octanol–water partition coefficient (Wildman–Crippen LogP) is 24.2. The normalized spacial score (nSPS) is 20.1. The number of benzene rings is 17. The number of hydrogen-bond acceptors (Lipinski definition) is 2. The molecule has 0 saturated heterocycles. The lowest BCUT2D eigenvalue weighted by Crippen LogP contribution is -1.92. The summed E-state index contributed by atoms with van der Waals surface area (Å²) in [6.45, 7) is 0. The Labute approximate surface area is 564 Å². The highest BCUT2D eigenvalue weighted by Gasteiger charge is 2.24. The molecule has 0 fully saturated rings. The van der Waals surface area contributed by atoms with E-state index in [1.54, 1.807) is 0 Å². The average Bonchev–Trinajstić information content (AvgIpc) is 1.53. The van der Waals surface area contributed by atoms with Gasteiger partial charge in [0.05, 0.1) is 68.5 Å². The Morgan fingerprint density at radius 3 is 0.895 bits per heavy atom. The van der Waals surface area contributed by atoms with Crippen LogP contribution in [0.1, 0.15) is 68.5 Å². The average molecular weight is 1140 g/mol. The molecule has 0 radical (unpaired) electrons. The third-order valence-electron chi connectivity index (χ3n) is 14.7. The minimum Gasteiger partial charge on any atom is -0.456 e. The van der Waals surface area contributed by atoms with Crippen LogP contribution in [0.2, 0.25) is 0 Å². The summed E-state index contributed by atoms with van der Waals surface area (Å²) < 4.78 is 461. The van der Waals surface area contributed by atoms with Crippen molar-refractivity contribution in [2.24, 2.45) is 0 Å². The Morgan fingerprint density at radius 2 is 0.477 bits per heavy atom. The van der Waals surface area contributed by atoms with Crippen molar-refractivity contribution >= 4 is 141 Å². The van der Waals surface area contributed by atoms with E-state index < -0.39 is 471 Å². The molecule has 0 aliphatic rings. The second-order valence-electron chi connectivity index (χ2n) is 19.0. The summed E-state index contributed by atoms with van der Waals surface area (Å²) >= 11 is 0. The maximum atomic E-state index is 10.0. The summed E-state index contributed by atoms with van der Waals surface area (Å²) in [7, 11) is 0. The number of hydrogen-bond donors (Lipinski definition) is 0. The van der Waals surface area contributed by atoms with Gasteiger partial charge >= 0.3 is 0 Å². The smallest absolute Gasteiger partial charge is 0.136 e. The van der Waals surface area contributed by atoms with Crippen LogP contribution in [0.4, 0.5) is 0 Å². The van der Waals surface area contributed by atoms with Gasteiger partial charge in [-0.1, -0.05) is 278 Å². The van der Waals surface area contributed by atoms with Gasteiger partial charge in [0.15, 0.2) is 0 Å². The third kappa shape index (κ3) is 7.20. The molecule has 2 heterocycles. The fourth-order valence-corrected chi connectivity index (χ4v) is 11.3. The molecule has 0 unspecified atom stereocenters. The molecule has 0 bridgehead atoms. The Bertz CT molecular complexity index is 8950. The van der Waals surface area contributed by atoms with Gasteiger partial charge in [-0.2, -0.15) is 0 Å². The Balaban J connectivity index is 0.000000182.